The Morgan fingerprint density at radius 1 is 1.13 bits per heavy atom. The molecule has 6 heteroatoms. The summed E-state index contributed by atoms with van der Waals surface area (Å²) in [5.74, 6) is 2.20. The van der Waals surface area contributed by atoms with Crippen molar-refractivity contribution < 1.29 is 14.3 Å². The van der Waals surface area contributed by atoms with Gasteiger partial charge in [0.05, 0.1) is 5.75 Å². The molecule has 23 heavy (non-hydrogen) atoms. The summed E-state index contributed by atoms with van der Waals surface area (Å²) in [6.07, 6.45) is 3.50. The van der Waals surface area contributed by atoms with Crippen LogP contribution in [0.5, 0.6) is 11.5 Å². The first-order chi connectivity index (χ1) is 11.3. The summed E-state index contributed by atoms with van der Waals surface area (Å²) >= 11 is 1.65. The predicted molar refractivity (Wildman–Crippen MR) is 87.4 cm³/mol. The van der Waals surface area contributed by atoms with Gasteiger partial charge in [0.25, 0.3) is 0 Å². The number of pyridine rings is 1. The van der Waals surface area contributed by atoms with Crippen LogP contribution in [0.15, 0.2) is 42.7 Å². The zero-order chi connectivity index (χ0) is 15.6. The van der Waals surface area contributed by atoms with E-state index in [9.17, 15) is 4.79 Å². The molecule has 0 aliphatic carbocycles. The number of hydrogen-bond donors (Lipinski definition) is 0. The number of benzene rings is 1. The molecule has 5 nitrogen and oxygen atoms in total. The van der Waals surface area contributed by atoms with Gasteiger partial charge in [-0.3, -0.25) is 9.78 Å². The molecule has 0 radical (unpaired) electrons. The number of amides is 1. The van der Waals surface area contributed by atoms with Gasteiger partial charge < -0.3 is 14.4 Å². The fraction of sp³-hybridized carbons (Fsp3) is 0.294. The maximum Gasteiger partial charge on any atom is 0.234 e. The van der Waals surface area contributed by atoms with Crippen LogP contribution in [0, 0.1) is 0 Å². The van der Waals surface area contributed by atoms with Crippen LogP contribution in [0.2, 0.25) is 0 Å². The fourth-order valence-corrected chi connectivity index (χ4v) is 3.98. The summed E-state index contributed by atoms with van der Waals surface area (Å²) in [4.78, 5) is 18.2. The smallest absolute Gasteiger partial charge is 0.234 e. The molecule has 0 saturated carbocycles. The van der Waals surface area contributed by atoms with E-state index in [0.29, 0.717) is 25.5 Å². The molecule has 1 unspecified atom stereocenters. The van der Waals surface area contributed by atoms with E-state index in [-0.39, 0.29) is 11.3 Å². The minimum Gasteiger partial charge on any atom is -0.486 e. The third-order valence-electron chi connectivity index (χ3n) is 3.92. The number of fused-ring (bicyclic) bond motifs is 1. The number of carbonyl (C=O) groups is 1. The van der Waals surface area contributed by atoms with E-state index in [1.165, 1.54) is 0 Å². The summed E-state index contributed by atoms with van der Waals surface area (Å²) < 4.78 is 11.2. The zero-order valence-corrected chi connectivity index (χ0v) is 13.3. The Labute approximate surface area is 138 Å². The SMILES string of the molecule is O=C1CSC(c2ccc3c(c2)OCCO3)N1Cc1ccncc1. The van der Waals surface area contributed by atoms with E-state index in [1.54, 1.807) is 24.2 Å². The molecule has 3 heterocycles. The first-order valence-corrected chi connectivity index (χ1v) is 8.56. The number of ether oxygens (including phenoxy) is 2. The molecule has 1 aromatic heterocycles. The van der Waals surface area contributed by atoms with Crippen LogP contribution in [-0.2, 0) is 11.3 Å². The minimum absolute atomic E-state index is 0.00601. The maximum absolute atomic E-state index is 12.3. The summed E-state index contributed by atoms with van der Waals surface area (Å²) in [5, 5.41) is 0.00601. The van der Waals surface area contributed by atoms with E-state index in [0.717, 1.165) is 22.6 Å². The van der Waals surface area contributed by atoms with E-state index in [4.69, 9.17) is 9.47 Å². The number of aromatic nitrogens is 1. The van der Waals surface area contributed by atoms with Gasteiger partial charge in [0.15, 0.2) is 11.5 Å². The highest BCUT2D eigenvalue weighted by Gasteiger charge is 2.33. The molecule has 0 bridgehead atoms. The van der Waals surface area contributed by atoms with Crippen LogP contribution in [0.4, 0.5) is 0 Å². The van der Waals surface area contributed by atoms with Crippen molar-refractivity contribution in [1.29, 1.82) is 0 Å². The van der Waals surface area contributed by atoms with Crippen molar-refractivity contribution in [3.63, 3.8) is 0 Å². The van der Waals surface area contributed by atoms with Crippen LogP contribution < -0.4 is 9.47 Å². The minimum atomic E-state index is 0.00601. The summed E-state index contributed by atoms with van der Waals surface area (Å²) in [6, 6.07) is 9.82. The number of thioether (sulfide) groups is 1. The fourth-order valence-electron chi connectivity index (χ4n) is 2.80. The van der Waals surface area contributed by atoms with Gasteiger partial charge in [0.1, 0.15) is 18.6 Å². The lowest BCUT2D eigenvalue weighted by Gasteiger charge is -2.26. The van der Waals surface area contributed by atoms with Crippen molar-refractivity contribution in [2.75, 3.05) is 19.0 Å². The normalized spacial score (nSPS) is 19.9. The summed E-state index contributed by atoms with van der Waals surface area (Å²) in [7, 11) is 0. The monoisotopic (exact) mass is 328 g/mol. The quantitative estimate of drug-likeness (QED) is 0.867. The lowest BCUT2D eigenvalue weighted by Crippen LogP contribution is -2.27. The second-order valence-electron chi connectivity index (χ2n) is 5.44. The number of rotatable bonds is 3. The van der Waals surface area contributed by atoms with Crippen molar-refractivity contribution in [2.24, 2.45) is 0 Å². The van der Waals surface area contributed by atoms with Crippen LogP contribution in [-0.4, -0.2) is 34.8 Å². The lowest BCUT2D eigenvalue weighted by atomic mass is 10.1. The number of hydrogen-bond acceptors (Lipinski definition) is 5. The molecule has 118 valence electrons. The molecular weight excluding hydrogens is 312 g/mol. The molecule has 2 aliphatic rings. The van der Waals surface area contributed by atoms with Gasteiger partial charge in [-0.15, -0.1) is 11.8 Å². The van der Waals surface area contributed by atoms with Crippen LogP contribution in [0.25, 0.3) is 0 Å². The van der Waals surface area contributed by atoms with Gasteiger partial charge in [0.2, 0.25) is 5.91 Å². The third-order valence-corrected chi connectivity index (χ3v) is 5.18. The molecule has 1 amide bonds. The van der Waals surface area contributed by atoms with Gasteiger partial charge in [0, 0.05) is 18.9 Å². The molecular formula is C17H16N2O3S. The maximum atomic E-state index is 12.3. The van der Waals surface area contributed by atoms with Gasteiger partial charge in [-0.05, 0) is 35.4 Å². The predicted octanol–water partition coefficient (Wildman–Crippen LogP) is 2.63. The van der Waals surface area contributed by atoms with E-state index in [2.05, 4.69) is 4.98 Å². The van der Waals surface area contributed by atoms with Gasteiger partial charge >= 0.3 is 0 Å². The molecule has 4 rings (SSSR count). The number of nitrogens with zero attached hydrogens (tertiary/aromatic N) is 2. The lowest BCUT2D eigenvalue weighted by molar-refractivity contribution is -0.128. The Bertz CT molecular complexity index is 723. The van der Waals surface area contributed by atoms with Crippen LogP contribution in [0.1, 0.15) is 16.5 Å². The topological polar surface area (TPSA) is 51.7 Å². The molecule has 2 aromatic rings. The van der Waals surface area contributed by atoms with Gasteiger partial charge in [-0.1, -0.05) is 6.07 Å². The van der Waals surface area contributed by atoms with E-state index < -0.39 is 0 Å². The Hall–Kier alpha value is -2.21. The number of carbonyl (C=O) groups excluding carboxylic acids is 1. The van der Waals surface area contributed by atoms with Crippen LogP contribution in [0.3, 0.4) is 0 Å². The molecule has 2 aliphatic heterocycles. The Morgan fingerprint density at radius 2 is 1.91 bits per heavy atom. The highest BCUT2D eigenvalue weighted by molar-refractivity contribution is 8.00. The van der Waals surface area contributed by atoms with Crippen molar-refractivity contribution in [3.05, 3.63) is 53.9 Å². The summed E-state index contributed by atoms with van der Waals surface area (Å²) in [6.45, 7) is 1.73. The van der Waals surface area contributed by atoms with E-state index in [1.807, 2.05) is 35.2 Å². The van der Waals surface area contributed by atoms with Gasteiger partial charge in [-0.25, -0.2) is 0 Å². The standard InChI is InChI=1S/C17H16N2O3S/c20-16-11-23-17(19(16)10-12-3-5-18-6-4-12)13-1-2-14-15(9-13)22-8-7-21-14/h1-6,9,17H,7-8,10-11H2. The van der Waals surface area contributed by atoms with Crippen molar-refractivity contribution >= 4 is 17.7 Å². The molecule has 1 fully saturated rings. The first-order valence-electron chi connectivity index (χ1n) is 7.51. The second-order valence-corrected chi connectivity index (χ2v) is 6.51. The molecule has 0 N–H and O–H groups in total. The molecule has 1 aromatic carbocycles. The highest BCUT2D eigenvalue weighted by Crippen LogP contribution is 2.42. The van der Waals surface area contributed by atoms with Gasteiger partial charge in [-0.2, -0.15) is 0 Å². The largest absolute Gasteiger partial charge is 0.486 e. The zero-order valence-electron chi connectivity index (χ0n) is 12.5. The molecule has 0 spiro atoms. The Balaban J connectivity index is 1.60. The average molecular weight is 328 g/mol. The Kier molecular flexibility index (Phi) is 3.83. The molecule has 1 saturated heterocycles. The molecule has 1 atom stereocenters. The van der Waals surface area contributed by atoms with E-state index >= 15 is 0 Å². The Morgan fingerprint density at radius 3 is 2.74 bits per heavy atom. The third kappa shape index (κ3) is 2.86. The van der Waals surface area contributed by atoms with Crippen molar-refractivity contribution in [2.45, 2.75) is 11.9 Å². The first kappa shape index (κ1) is 14.4. The average Bonchev–Trinajstić information content (AvgIpc) is 2.96. The second kappa shape index (κ2) is 6.12. The van der Waals surface area contributed by atoms with Crippen LogP contribution >= 0.6 is 11.8 Å². The summed E-state index contributed by atoms with van der Waals surface area (Å²) in [5.41, 5.74) is 2.15. The van der Waals surface area contributed by atoms with Crippen molar-refractivity contribution in [3.8, 4) is 11.5 Å². The highest BCUT2D eigenvalue weighted by atomic mass is 32.2. The van der Waals surface area contributed by atoms with Crippen molar-refractivity contribution in [1.82, 2.24) is 9.88 Å².